The van der Waals surface area contributed by atoms with Crippen LogP contribution in [0.5, 0.6) is 0 Å². The van der Waals surface area contributed by atoms with Gasteiger partial charge >= 0.3 is 6.03 Å². The van der Waals surface area contributed by atoms with Crippen LogP contribution in [-0.2, 0) is 13.1 Å². The molecule has 7 nitrogen and oxygen atoms in total. The zero-order chi connectivity index (χ0) is 18.2. The molecule has 0 atom stereocenters. The van der Waals surface area contributed by atoms with Gasteiger partial charge in [0.05, 0.1) is 0 Å². The molecule has 3 aromatic rings. The molecule has 2 amide bonds. The van der Waals surface area contributed by atoms with Gasteiger partial charge in [0, 0.05) is 50.5 Å². The highest BCUT2D eigenvalue weighted by molar-refractivity contribution is 5.73. The Morgan fingerprint density at radius 3 is 2.50 bits per heavy atom. The number of aromatic nitrogens is 3. The van der Waals surface area contributed by atoms with Gasteiger partial charge in [0.25, 0.3) is 0 Å². The first-order valence-electron chi connectivity index (χ1n) is 8.24. The van der Waals surface area contributed by atoms with E-state index in [1.54, 1.807) is 31.8 Å². The Labute approximate surface area is 151 Å². The Balaban J connectivity index is 1.63. The standard InChI is InChI=1S/C19H20N6O/c1-20-19(26)25-10-14-4-2-6-16(8-14)17-12-23-18(24-13-17)22-11-15-5-3-7-21-9-15/h2-9,12-13H,10-11H2,1H3,(H2,20,25,26)(H,22,23,24). The predicted octanol–water partition coefficient (Wildman–Crippen LogP) is 2.58. The molecule has 0 aliphatic rings. The van der Waals surface area contributed by atoms with Gasteiger partial charge in [-0.15, -0.1) is 0 Å². The van der Waals surface area contributed by atoms with Crippen molar-refractivity contribution in [3.63, 3.8) is 0 Å². The van der Waals surface area contributed by atoms with Crippen LogP contribution < -0.4 is 16.0 Å². The maximum atomic E-state index is 11.3. The fourth-order valence-corrected chi connectivity index (χ4v) is 2.38. The van der Waals surface area contributed by atoms with Crippen molar-refractivity contribution in [3.05, 3.63) is 72.3 Å². The number of anilines is 1. The summed E-state index contributed by atoms with van der Waals surface area (Å²) in [5.74, 6) is 0.565. The average Bonchev–Trinajstić information content (AvgIpc) is 2.72. The summed E-state index contributed by atoms with van der Waals surface area (Å²) >= 11 is 0. The molecule has 0 saturated carbocycles. The molecule has 0 aliphatic heterocycles. The molecule has 0 fully saturated rings. The molecule has 2 heterocycles. The number of hydrogen-bond acceptors (Lipinski definition) is 5. The van der Waals surface area contributed by atoms with Crippen molar-refractivity contribution in [1.29, 1.82) is 0 Å². The largest absolute Gasteiger partial charge is 0.350 e. The summed E-state index contributed by atoms with van der Waals surface area (Å²) in [6.45, 7) is 1.08. The number of rotatable bonds is 6. The first-order valence-corrected chi connectivity index (χ1v) is 8.24. The third kappa shape index (κ3) is 4.76. The quantitative estimate of drug-likeness (QED) is 0.637. The Kier molecular flexibility index (Phi) is 5.72. The molecule has 3 rings (SSSR count). The summed E-state index contributed by atoms with van der Waals surface area (Å²) in [7, 11) is 1.59. The lowest BCUT2D eigenvalue weighted by Crippen LogP contribution is -2.32. The summed E-state index contributed by atoms with van der Waals surface area (Å²) < 4.78 is 0. The molecular weight excluding hydrogens is 328 g/mol. The summed E-state index contributed by atoms with van der Waals surface area (Å²) in [4.78, 5) is 24.1. The number of nitrogens with zero attached hydrogens (tertiary/aromatic N) is 3. The van der Waals surface area contributed by atoms with E-state index in [0.717, 1.165) is 22.3 Å². The molecule has 0 saturated heterocycles. The second kappa shape index (κ2) is 8.57. The molecule has 7 heteroatoms. The number of benzene rings is 1. The molecule has 0 spiro atoms. The molecule has 132 valence electrons. The van der Waals surface area contributed by atoms with Gasteiger partial charge in [-0.25, -0.2) is 14.8 Å². The first kappa shape index (κ1) is 17.3. The van der Waals surface area contributed by atoms with Gasteiger partial charge < -0.3 is 16.0 Å². The van der Waals surface area contributed by atoms with Crippen LogP contribution in [0.2, 0.25) is 0 Å². The Morgan fingerprint density at radius 2 is 1.77 bits per heavy atom. The molecule has 2 aromatic heterocycles. The number of urea groups is 1. The molecule has 1 aromatic carbocycles. The molecule has 0 aliphatic carbocycles. The average molecular weight is 348 g/mol. The normalized spacial score (nSPS) is 10.2. The maximum Gasteiger partial charge on any atom is 0.314 e. The Morgan fingerprint density at radius 1 is 0.962 bits per heavy atom. The fourth-order valence-electron chi connectivity index (χ4n) is 2.38. The van der Waals surface area contributed by atoms with Crippen LogP contribution in [0.15, 0.2) is 61.2 Å². The third-order valence-electron chi connectivity index (χ3n) is 3.77. The van der Waals surface area contributed by atoms with Crippen LogP contribution in [0.25, 0.3) is 11.1 Å². The van der Waals surface area contributed by atoms with Crippen LogP contribution in [-0.4, -0.2) is 28.0 Å². The number of hydrogen-bond donors (Lipinski definition) is 3. The molecule has 0 bridgehead atoms. The van der Waals surface area contributed by atoms with E-state index < -0.39 is 0 Å². The number of nitrogens with one attached hydrogen (secondary N) is 3. The lowest BCUT2D eigenvalue weighted by atomic mass is 10.1. The number of carbonyl (C=O) groups is 1. The molecule has 3 N–H and O–H groups in total. The van der Waals surface area contributed by atoms with E-state index in [1.807, 2.05) is 36.4 Å². The van der Waals surface area contributed by atoms with Gasteiger partial charge in [-0.05, 0) is 28.8 Å². The zero-order valence-corrected chi connectivity index (χ0v) is 14.4. The summed E-state index contributed by atoms with van der Waals surface area (Å²) in [5, 5.41) is 8.48. The minimum atomic E-state index is -0.206. The highest BCUT2D eigenvalue weighted by Crippen LogP contribution is 2.19. The highest BCUT2D eigenvalue weighted by atomic mass is 16.2. The van der Waals surface area contributed by atoms with Crippen molar-refractivity contribution >= 4 is 12.0 Å². The van der Waals surface area contributed by atoms with Gasteiger partial charge in [0.15, 0.2) is 0 Å². The SMILES string of the molecule is CNC(=O)NCc1cccc(-c2cnc(NCc3cccnc3)nc2)c1. The predicted molar refractivity (Wildman–Crippen MR) is 100 cm³/mol. The molecule has 26 heavy (non-hydrogen) atoms. The second-order valence-corrected chi connectivity index (χ2v) is 5.64. The summed E-state index contributed by atoms with van der Waals surface area (Å²) in [5.41, 5.74) is 3.99. The monoisotopic (exact) mass is 348 g/mol. The van der Waals surface area contributed by atoms with Crippen molar-refractivity contribution in [1.82, 2.24) is 25.6 Å². The molecular formula is C19H20N6O. The minimum Gasteiger partial charge on any atom is -0.350 e. The number of carbonyl (C=O) groups excluding carboxylic acids is 1. The van der Waals surface area contributed by atoms with E-state index >= 15 is 0 Å². The van der Waals surface area contributed by atoms with E-state index in [4.69, 9.17) is 0 Å². The van der Waals surface area contributed by atoms with Gasteiger partial charge in [0.1, 0.15) is 0 Å². The highest BCUT2D eigenvalue weighted by Gasteiger charge is 2.03. The van der Waals surface area contributed by atoms with Gasteiger partial charge in [-0.3, -0.25) is 4.98 Å². The Hall–Kier alpha value is -3.48. The Bertz CT molecular complexity index is 851. The zero-order valence-electron chi connectivity index (χ0n) is 14.4. The lowest BCUT2D eigenvalue weighted by Gasteiger charge is -2.08. The van der Waals surface area contributed by atoms with Gasteiger partial charge in [0.2, 0.25) is 5.95 Å². The van der Waals surface area contributed by atoms with Gasteiger partial charge in [-0.1, -0.05) is 24.3 Å². The van der Waals surface area contributed by atoms with E-state index in [1.165, 1.54) is 0 Å². The lowest BCUT2D eigenvalue weighted by molar-refractivity contribution is 0.242. The van der Waals surface area contributed by atoms with Gasteiger partial charge in [-0.2, -0.15) is 0 Å². The topological polar surface area (TPSA) is 91.8 Å². The van der Waals surface area contributed by atoms with Crippen LogP contribution in [0.3, 0.4) is 0 Å². The minimum absolute atomic E-state index is 0.206. The number of pyridine rings is 1. The second-order valence-electron chi connectivity index (χ2n) is 5.64. The van der Waals surface area contributed by atoms with Crippen molar-refractivity contribution in [2.24, 2.45) is 0 Å². The smallest absolute Gasteiger partial charge is 0.314 e. The first-order chi connectivity index (χ1) is 12.7. The molecule has 0 unspecified atom stereocenters. The summed E-state index contributed by atoms with van der Waals surface area (Å²) in [6, 6.07) is 11.6. The third-order valence-corrected chi connectivity index (χ3v) is 3.77. The van der Waals surface area contributed by atoms with Crippen LogP contribution in [0, 0.1) is 0 Å². The van der Waals surface area contributed by atoms with E-state index in [-0.39, 0.29) is 6.03 Å². The van der Waals surface area contributed by atoms with Crippen molar-refractivity contribution in [3.8, 4) is 11.1 Å². The summed E-state index contributed by atoms with van der Waals surface area (Å²) in [6.07, 6.45) is 7.11. The van der Waals surface area contributed by atoms with E-state index in [9.17, 15) is 4.79 Å². The van der Waals surface area contributed by atoms with Crippen LogP contribution in [0.4, 0.5) is 10.7 Å². The van der Waals surface area contributed by atoms with Crippen molar-refractivity contribution in [2.45, 2.75) is 13.1 Å². The van der Waals surface area contributed by atoms with Crippen molar-refractivity contribution in [2.75, 3.05) is 12.4 Å². The van der Waals surface area contributed by atoms with Crippen LogP contribution in [0.1, 0.15) is 11.1 Å². The molecule has 0 radical (unpaired) electrons. The van der Waals surface area contributed by atoms with Crippen molar-refractivity contribution < 1.29 is 4.79 Å². The maximum absolute atomic E-state index is 11.3. The number of amides is 2. The fraction of sp³-hybridized carbons (Fsp3) is 0.158. The van der Waals surface area contributed by atoms with E-state index in [0.29, 0.717) is 19.0 Å². The van der Waals surface area contributed by atoms with E-state index in [2.05, 4.69) is 30.9 Å². The van der Waals surface area contributed by atoms with Crippen LogP contribution >= 0.6 is 0 Å².